The Labute approximate surface area is 163 Å². The first-order valence-corrected chi connectivity index (χ1v) is 9.02. The fourth-order valence-electron chi connectivity index (χ4n) is 2.34. The number of halogens is 2. The maximum absolute atomic E-state index is 11.9. The molecule has 7 heteroatoms. The second kappa shape index (κ2) is 10.0. The van der Waals surface area contributed by atoms with Crippen LogP contribution < -0.4 is 16.0 Å². The second-order valence-corrected chi connectivity index (χ2v) is 6.61. The van der Waals surface area contributed by atoms with Crippen molar-refractivity contribution in [2.24, 2.45) is 0 Å². The summed E-state index contributed by atoms with van der Waals surface area (Å²) in [4.78, 5) is 22.9. The van der Waals surface area contributed by atoms with Crippen molar-refractivity contribution in [2.45, 2.75) is 19.8 Å². The van der Waals surface area contributed by atoms with Gasteiger partial charge in [-0.3, -0.25) is 9.59 Å². The van der Waals surface area contributed by atoms with Gasteiger partial charge in [-0.2, -0.15) is 0 Å². The molecule has 0 aliphatic carbocycles. The van der Waals surface area contributed by atoms with Gasteiger partial charge in [0, 0.05) is 47.9 Å². The summed E-state index contributed by atoms with van der Waals surface area (Å²) >= 11 is 12.0. The predicted octanol–water partition coefficient (Wildman–Crippen LogP) is 4.11. The van der Waals surface area contributed by atoms with Gasteiger partial charge in [-0.25, -0.2) is 0 Å². The maximum atomic E-state index is 11.9. The summed E-state index contributed by atoms with van der Waals surface area (Å²) in [5.74, 6) is -0.139. The van der Waals surface area contributed by atoms with E-state index in [1.807, 2.05) is 18.2 Å². The van der Waals surface area contributed by atoms with Crippen molar-refractivity contribution in [1.29, 1.82) is 0 Å². The van der Waals surface area contributed by atoms with E-state index in [9.17, 15) is 9.59 Å². The van der Waals surface area contributed by atoms with Crippen LogP contribution in [0.3, 0.4) is 0 Å². The molecule has 0 aliphatic rings. The van der Waals surface area contributed by atoms with Crippen molar-refractivity contribution in [3.8, 4) is 0 Å². The minimum absolute atomic E-state index is 0.0301. The van der Waals surface area contributed by atoms with Gasteiger partial charge in [-0.05, 0) is 48.4 Å². The normalized spacial score (nSPS) is 10.3. The Balaban J connectivity index is 1.66. The first-order chi connectivity index (χ1) is 12.4. The molecular weight excluding hydrogens is 373 g/mol. The molecule has 0 radical (unpaired) electrons. The molecule has 26 heavy (non-hydrogen) atoms. The lowest BCUT2D eigenvalue weighted by Crippen LogP contribution is -2.27. The van der Waals surface area contributed by atoms with E-state index in [0.717, 1.165) is 16.9 Å². The van der Waals surface area contributed by atoms with Crippen LogP contribution in [0.1, 0.15) is 18.9 Å². The smallest absolute Gasteiger partial charge is 0.221 e. The van der Waals surface area contributed by atoms with Crippen molar-refractivity contribution in [1.82, 2.24) is 5.32 Å². The Kier molecular flexibility index (Phi) is 7.75. The number of hydrogen-bond donors (Lipinski definition) is 3. The summed E-state index contributed by atoms with van der Waals surface area (Å²) in [6.45, 7) is 2.50. The molecule has 2 rings (SSSR count). The molecule has 0 unspecified atom stereocenters. The summed E-state index contributed by atoms with van der Waals surface area (Å²) in [5, 5.41) is 9.95. The minimum Gasteiger partial charge on any atom is -0.385 e. The van der Waals surface area contributed by atoms with Gasteiger partial charge in [-0.15, -0.1) is 0 Å². The largest absolute Gasteiger partial charge is 0.385 e. The van der Waals surface area contributed by atoms with E-state index >= 15 is 0 Å². The second-order valence-electron chi connectivity index (χ2n) is 5.77. The van der Waals surface area contributed by atoms with Crippen LogP contribution in [0.15, 0.2) is 42.5 Å². The molecule has 2 amide bonds. The quantitative estimate of drug-likeness (QED) is 0.631. The standard InChI is InChI=1S/C19H21Cl2N3O2/c1-13(25)24-17-6-4-16(5-7-17)22-11-9-19(26)23-10-8-14-2-3-15(20)12-18(14)21/h2-7,12,22H,8-11H2,1H3,(H,23,26)(H,24,25). The molecule has 0 bridgehead atoms. The Bertz CT molecular complexity index is 764. The number of anilines is 2. The molecule has 5 nitrogen and oxygen atoms in total. The predicted molar refractivity (Wildman–Crippen MR) is 107 cm³/mol. The zero-order chi connectivity index (χ0) is 18.9. The third-order valence-electron chi connectivity index (χ3n) is 3.62. The molecular formula is C19H21Cl2N3O2. The fourth-order valence-corrected chi connectivity index (χ4v) is 2.85. The van der Waals surface area contributed by atoms with Gasteiger partial charge < -0.3 is 16.0 Å². The van der Waals surface area contributed by atoms with Crippen molar-refractivity contribution in [3.05, 3.63) is 58.1 Å². The van der Waals surface area contributed by atoms with Gasteiger partial charge in [0.2, 0.25) is 11.8 Å². The van der Waals surface area contributed by atoms with Gasteiger partial charge in [0.15, 0.2) is 0 Å². The van der Waals surface area contributed by atoms with Crippen molar-refractivity contribution < 1.29 is 9.59 Å². The number of carbonyl (C=O) groups is 2. The van der Waals surface area contributed by atoms with Crippen LogP contribution in [0.25, 0.3) is 0 Å². The molecule has 0 aromatic heterocycles. The Morgan fingerprint density at radius 3 is 2.31 bits per heavy atom. The lowest BCUT2D eigenvalue weighted by Gasteiger charge is -2.09. The van der Waals surface area contributed by atoms with Crippen LogP contribution in [-0.2, 0) is 16.0 Å². The van der Waals surface area contributed by atoms with Crippen LogP contribution in [-0.4, -0.2) is 24.9 Å². The minimum atomic E-state index is -0.109. The van der Waals surface area contributed by atoms with Gasteiger partial charge in [0.25, 0.3) is 0 Å². The molecule has 0 saturated heterocycles. The maximum Gasteiger partial charge on any atom is 0.221 e. The highest BCUT2D eigenvalue weighted by Gasteiger charge is 2.04. The summed E-state index contributed by atoms with van der Waals surface area (Å²) in [6, 6.07) is 12.7. The van der Waals surface area contributed by atoms with Crippen molar-refractivity contribution in [3.63, 3.8) is 0 Å². The van der Waals surface area contributed by atoms with Gasteiger partial charge in [0.1, 0.15) is 0 Å². The molecule has 0 spiro atoms. The zero-order valence-corrected chi connectivity index (χ0v) is 16.0. The van der Waals surface area contributed by atoms with E-state index in [4.69, 9.17) is 23.2 Å². The Hall–Kier alpha value is -2.24. The van der Waals surface area contributed by atoms with Crippen LogP contribution in [0, 0.1) is 0 Å². The van der Waals surface area contributed by atoms with Gasteiger partial charge in [0.05, 0.1) is 0 Å². The van der Waals surface area contributed by atoms with Crippen LogP contribution >= 0.6 is 23.2 Å². The van der Waals surface area contributed by atoms with Crippen LogP contribution in [0.4, 0.5) is 11.4 Å². The first kappa shape index (κ1) is 20.1. The number of benzene rings is 2. The molecule has 0 saturated carbocycles. The van der Waals surface area contributed by atoms with Crippen LogP contribution in [0.2, 0.25) is 10.0 Å². The van der Waals surface area contributed by atoms with E-state index in [1.54, 1.807) is 24.3 Å². The highest BCUT2D eigenvalue weighted by atomic mass is 35.5. The third-order valence-corrected chi connectivity index (χ3v) is 4.21. The molecule has 0 fully saturated rings. The van der Waals surface area contributed by atoms with Crippen LogP contribution in [0.5, 0.6) is 0 Å². The SMILES string of the molecule is CC(=O)Nc1ccc(NCCC(=O)NCCc2ccc(Cl)cc2Cl)cc1. The monoisotopic (exact) mass is 393 g/mol. The van der Waals surface area contributed by atoms with E-state index in [-0.39, 0.29) is 11.8 Å². The number of rotatable bonds is 8. The van der Waals surface area contributed by atoms with Crippen molar-refractivity contribution >= 4 is 46.4 Å². The summed E-state index contributed by atoms with van der Waals surface area (Å²) < 4.78 is 0. The number of amides is 2. The molecule has 138 valence electrons. The fraction of sp³-hybridized carbons (Fsp3) is 0.263. The number of carbonyl (C=O) groups excluding carboxylic acids is 2. The highest BCUT2D eigenvalue weighted by Crippen LogP contribution is 2.21. The highest BCUT2D eigenvalue weighted by molar-refractivity contribution is 6.35. The summed E-state index contributed by atoms with van der Waals surface area (Å²) in [6.07, 6.45) is 1.02. The molecule has 2 aromatic rings. The average Bonchev–Trinajstić information content (AvgIpc) is 2.58. The lowest BCUT2D eigenvalue weighted by molar-refractivity contribution is -0.120. The van der Waals surface area contributed by atoms with E-state index < -0.39 is 0 Å². The lowest BCUT2D eigenvalue weighted by atomic mass is 10.1. The van der Waals surface area contributed by atoms with Gasteiger partial charge >= 0.3 is 0 Å². The average molecular weight is 394 g/mol. The molecule has 0 atom stereocenters. The first-order valence-electron chi connectivity index (χ1n) is 8.26. The van der Waals surface area contributed by atoms with E-state index in [2.05, 4.69) is 16.0 Å². The Morgan fingerprint density at radius 2 is 1.65 bits per heavy atom. The van der Waals surface area contributed by atoms with Gasteiger partial charge in [-0.1, -0.05) is 29.3 Å². The number of hydrogen-bond acceptors (Lipinski definition) is 3. The molecule has 0 aliphatic heterocycles. The topological polar surface area (TPSA) is 70.2 Å². The third kappa shape index (κ3) is 6.94. The molecule has 2 aromatic carbocycles. The zero-order valence-electron chi connectivity index (χ0n) is 14.4. The van der Waals surface area contributed by atoms with E-state index in [0.29, 0.717) is 36.0 Å². The van der Waals surface area contributed by atoms with E-state index in [1.165, 1.54) is 6.92 Å². The Morgan fingerprint density at radius 1 is 0.962 bits per heavy atom. The summed E-state index contributed by atoms with van der Waals surface area (Å²) in [7, 11) is 0. The van der Waals surface area contributed by atoms with Crippen molar-refractivity contribution in [2.75, 3.05) is 23.7 Å². The summed E-state index contributed by atoms with van der Waals surface area (Å²) in [5.41, 5.74) is 2.58. The molecule has 0 heterocycles. The number of nitrogens with one attached hydrogen (secondary N) is 3. The molecule has 3 N–H and O–H groups in total.